The molecule has 0 bridgehead atoms. The van der Waals surface area contributed by atoms with E-state index in [1.54, 1.807) is 0 Å². The second-order valence-electron chi connectivity index (χ2n) is 18.3. The number of para-hydroxylation sites is 4. The molecule has 2 aliphatic rings. The number of nitrogens with zero attached hydrogens (tertiary/aromatic N) is 2. The zero-order valence-corrected chi connectivity index (χ0v) is 37.6. The normalized spacial score (nSPS) is 13.1. The third-order valence-electron chi connectivity index (χ3n) is 14.6. The van der Waals surface area contributed by atoms with Crippen LogP contribution in [0.2, 0.25) is 0 Å². The predicted octanol–water partition coefficient (Wildman–Crippen LogP) is 17.1. The Balaban J connectivity index is 1.08. The molecule has 0 radical (unpaired) electrons. The Labute approximate surface area is 402 Å². The number of rotatable bonds is 5. The average molecular weight is 895 g/mol. The third-order valence-corrected chi connectivity index (χ3v) is 14.6. The molecule has 0 unspecified atom stereocenters. The molecule has 5 nitrogen and oxygen atoms in total. The molecule has 1 spiro atoms. The van der Waals surface area contributed by atoms with Crippen LogP contribution in [0.25, 0.3) is 111 Å². The van der Waals surface area contributed by atoms with E-state index in [9.17, 15) is 0 Å². The molecule has 0 amide bonds. The maximum atomic E-state index is 6.86. The molecule has 15 rings (SSSR count). The number of fused-ring (bicyclic) bond motifs is 15. The van der Waals surface area contributed by atoms with Gasteiger partial charge in [0, 0.05) is 49.4 Å². The number of hydrogen-bond acceptors (Lipinski definition) is 5. The molecule has 13 aromatic rings. The van der Waals surface area contributed by atoms with E-state index >= 15 is 0 Å². The summed E-state index contributed by atoms with van der Waals surface area (Å²) in [5.41, 5.74) is 18.5. The van der Waals surface area contributed by atoms with Crippen molar-refractivity contribution in [3.63, 3.8) is 0 Å². The largest absolute Gasteiger partial charge is 0.457 e. The van der Waals surface area contributed by atoms with E-state index < -0.39 is 5.41 Å². The lowest BCUT2D eigenvalue weighted by atomic mass is 9.65. The number of benzene rings is 10. The van der Waals surface area contributed by atoms with Crippen molar-refractivity contribution in [3.8, 4) is 78.8 Å². The molecule has 70 heavy (non-hydrogen) atoms. The lowest BCUT2D eigenvalue weighted by molar-refractivity contribution is 0.436. The summed E-state index contributed by atoms with van der Waals surface area (Å²) in [5, 5.41) is 4.33. The minimum atomic E-state index is -0.770. The van der Waals surface area contributed by atoms with Gasteiger partial charge >= 0.3 is 0 Å². The summed E-state index contributed by atoms with van der Waals surface area (Å²) < 4.78 is 19.9. The highest BCUT2D eigenvalue weighted by molar-refractivity contribution is 6.15. The summed E-state index contributed by atoms with van der Waals surface area (Å²) in [6.07, 6.45) is 0. The van der Waals surface area contributed by atoms with Crippen LogP contribution in [0.5, 0.6) is 11.5 Å². The van der Waals surface area contributed by atoms with Crippen LogP contribution in [0.1, 0.15) is 22.3 Å². The van der Waals surface area contributed by atoms with Crippen molar-refractivity contribution in [3.05, 3.63) is 253 Å². The zero-order valence-electron chi connectivity index (χ0n) is 37.6. The monoisotopic (exact) mass is 894 g/mol. The Morgan fingerprint density at radius 1 is 0.314 bits per heavy atom. The van der Waals surface area contributed by atoms with Crippen LogP contribution in [0, 0.1) is 0 Å². The van der Waals surface area contributed by atoms with E-state index in [0.717, 1.165) is 128 Å². The molecule has 0 atom stereocenters. The van der Waals surface area contributed by atoms with Gasteiger partial charge in [0.1, 0.15) is 33.8 Å². The zero-order chi connectivity index (χ0) is 45.9. The maximum absolute atomic E-state index is 6.86. The molecule has 326 valence electrons. The molecular formula is C65H38N2O3. The summed E-state index contributed by atoms with van der Waals surface area (Å²) in [6.45, 7) is 0. The molecule has 1 aliphatic carbocycles. The first-order valence-corrected chi connectivity index (χ1v) is 23.7. The number of ether oxygens (including phenoxy) is 1. The van der Waals surface area contributed by atoms with Crippen LogP contribution in [0.3, 0.4) is 0 Å². The SMILES string of the molecule is c1ccc(-c2cc(-c3ccc4c(c3)-c3c(-c5cccc6oc7ccccc7c56)cc(-c5ccc6oc7ccccc7c6c5)cc3C43c4ccccc4Oc4ccccc43)nc(-c3ccccc3)n2)cc1. The van der Waals surface area contributed by atoms with Gasteiger partial charge in [0.05, 0.1) is 16.8 Å². The topological polar surface area (TPSA) is 61.3 Å². The molecule has 0 fully saturated rings. The van der Waals surface area contributed by atoms with Gasteiger partial charge in [-0.2, -0.15) is 0 Å². The van der Waals surface area contributed by atoms with Crippen LogP contribution >= 0.6 is 0 Å². The minimum Gasteiger partial charge on any atom is -0.457 e. The van der Waals surface area contributed by atoms with Crippen LogP contribution < -0.4 is 4.74 Å². The van der Waals surface area contributed by atoms with Crippen molar-refractivity contribution in [2.75, 3.05) is 0 Å². The van der Waals surface area contributed by atoms with Crippen molar-refractivity contribution < 1.29 is 13.6 Å². The van der Waals surface area contributed by atoms with E-state index in [1.165, 1.54) is 11.1 Å². The van der Waals surface area contributed by atoms with Gasteiger partial charge in [-0.3, -0.25) is 0 Å². The molecule has 10 aromatic carbocycles. The molecule has 3 aromatic heterocycles. The number of aromatic nitrogens is 2. The van der Waals surface area contributed by atoms with Crippen LogP contribution in [0.15, 0.2) is 239 Å². The van der Waals surface area contributed by atoms with Crippen LogP contribution in [-0.2, 0) is 5.41 Å². The van der Waals surface area contributed by atoms with Crippen molar-refractivity contribution in [1.29, 1.82) is 0 Å². The molecular weight excluding hydrogens is 857 g/mol. The van der Waals surface area contributed by atoms with Crippen molar-refractivity contribution in [2.45, 2.75) is 5.41 Å². The van der Waals surface area contributed by atoms with Crippen LogP contribution in [0.4, 0.5) is 0 Å². The highest BCUT2D eigenvalue weighted by atomic mass is 16.5. The van der Waals surface area contributed by atoms with Gasteiger partial charge < -0.3 is 13.6 Å². The summed E-state index contributed by atoms with van der Waals surface area (Å²) >= 11 is 0. The van der Waals surface area contributed by atoms with Gasteiger partial charge in [-0.15, -0.1) is 0 Å². The quantitative estimate of drug-likeness (QED) is 0.172. The first-order valence-electron chi connectivity index (χ1n) is 23.7. The Morgan fingerprint density at radius 3 is 1.67 bits per heavy atom. The Morgan fingerprint density at radius 2 is 0.900 bits per heavy atom. The summed E-state index contributed by atoms with van der Waals surface area (Å²) in [7, 11) is 0. The highest BCUT2D eigenvalue weighted by Crippen LogP contribution is 2.64. The second kappa shape index (κ2) is 14.8. The van der Waals surface area contributed by atoms with Gasteiger partial charge in [-0.1, -0.05) is 164 Å². The Bertz CT molecular complexity index is 4180. The lowest BCUT2D eigenvalue weighted by Gasteiger charge is -2.39. The lowest BCUT2D eigenvalue weighted by Crippen LogP contribution is -2.32. The molecule has 0 saturated heterocycles. The molecule has 4 heterocycles. The van der Waals surface area contributed by atoms with E-state index in [1.807, 2.05) is 42.5 Å². The molecule has 0 N–H and O–H groups in total. The second-order valence-corrected chi connectivity index (χ2v) is 18.3. The van der Waals surface area contributed by atoms with Crippen molar-refractivity contribution in [2.24, 2.45) is 0 Å². The molecule has 0 saturated carbocycles. The fraction of sp³-hybridized carbons (Fsp3) is 0.0154. The smallest absolute Gasteiger partial charge is 0.160 e. The van der Waals surface area contributed by atoms with Gasteiger partial charge in [0.25, 0.3) is 0 Å². The Kier molecular flexibility index (Phi) is 8.21. The van der Waals surface area contributed by atoms with Crippen LogP contribution in [-0.4, -0.2) is 9.97 Å². The van der Waals surface area contributed by atoms with E-state index in [4.69, 9.17) is 23.5 Å². The molecule has 5 heteroatoms. The van der Waals surface area contributed by atoms with Gasteiger partial charge in [0.2, 0.25) is 0 Å². The highest BCUT2D eigenvalue weighted by Gasteiger charge is 2.52. The minimum absolute atomic E-state index is 0.674. The maximum Gasteiger partial charge on any atom is 0.160 e. The van der Waals surface area contributed by atoms with E-state index in [2.05, 4.69) is 188 Å². The van der Waals surface area contributed by atoms with Gasteiger partial charge in [-0.05, 0) is 111 Å². The van der Waals surface area contributed by atoms with E-state index in [-0.39, 0.29) is 0 Å². The van der Waals surface area contributed by atoms with E-state index in [0.29, 0.717) is 5.82 Å². The Hall–Kier alpha value is -9.32. The standard InChI is InChI=1S/C65H38N2O3/c1-3-16-39(17-4-1)54-38-55(67-64(66-54)40-18-5-2-6-19-40)42-30-32-50-49(35-42)62-48(45-22-15-29-61-63(45)46-21-8-12-26-57(46)69-61)36-43(41-31-33-58-47(34-41)44-20-7-11-25-56(44)68-58)37-53(62)65(50)51-23-9-13-27-59(51)70-60-28-14-10-24-52(60)65/h1-38H. The first-order chi connectivity index (χ1) is 34.7. The van der Waals surface area contributed by atoms with Gasteiger partial charge in [0.15, 0.2) is 5.82 Å². The number of hydrogen-bond donors (Lipinski definition) is 0. The first kappa shape index (κ1) is 38.8. The van der Waals surface area contributed by atoms with Gasteiger partial charge in [-0.25, -0.2) is 9.97 Å². The van der Waals surface area contributed by atoms with Crippen molar-refractivity contribution in [1.82, 2.24) is 9.97 Å². The fourth-order valence-electron chi connectivity index (χ4n) is 11.5. The number of furan rings is 2. The van der Waals surface area contributed by atoms with Crippen molar-refractivity contribution >= 4 is 43.9 Å². The predicted molar refractivity (Wildman–Crippen MR) is 281 cm³/mol. The third kappa shape index (κ3) is 5.60. The summed E-state index contributed by atoms with van der Waals surface area (Å²) in [5.74, 6) is 2.34. The average Bonchev–Trinajstić information content (AvgIpc) is 4.09. The molecule has 1 aliphatic heterocycles. The summed E-state index contributed by atoms with van der Waals surface area (Å²) in [6, 6.07) is 81.5. The summed E-state index contributed by atoms with van der Waals surface area (Å²) in [4.78, 5) is 10.5. The fourth-order valence-corrected chi connectivity index (χ4v) is 11.5.